The summed E-state index contributed by atoms with van der Waals surface area (Å²) in [6, 6.07) is 5.72. The molecule has 0 spiro atoms. The fraction of sp³-hybridized carbons (Fsp3) is 0.533. The summed E-state index contributed by atoms with van der Waals surface area (Å²) in [7, 11) is 0. The predicted molar refractivity (Wildman–Crippen MR) is 82.4 cm³/mol. The molecule has 20 heavy (non-hydrogen) atoms. The molecule has 0 aromatic heterocycles. The van der Waals surface area contributed by atoms with Crippen molar-refractivity contribution < 1.29 is 4.79 Å². The molecule has 0 radical (unpaired) electrons. The molecule has 5 heteroatoms. The lowest BCUT2D eigenvalue weighted by Crippen LogP contribution is -2.36. The maximum absolute atomic E-state index is 11.0. The Balaban J connectivity index is 2.15. The first-order valence-corrected chi connectivity index (χ1v) is 7.22. The van der Waals surface area contributed by atoms with Crippen molar-refractivity contribution >= 4 is 17.3 Å². The average molecular weight is 276 g/mol. The van der Waals surface area contributed by atoms with Crippen molar-refractivity contribution in [2.75, 3.05) is 30.3 Å². The summed E-state index contributed by atoms with van der Waals surface area (Å²) >= 11 is 0. The van der Waals surface area contributed by atoms with Crippen LogP contribution in [0.2, 0.25) is 0 Å². The number of nitrogens with zero attached hydrogens (tertiary/aromatic N) is 1. The second-order valence-electron chi connectivity index (χ2n) is 5.57. The molecule has 2 rings (SSSR count). The minimum Gasteiger partial charge on any atom is -0.397 e. The van der Waals surface area contributed by atoms with E-state index in [1.54, 1.807) is 0 Å². The highest BCUT2D eigenvalue weighted by Crippen LogP contribution is 2.30. The Morgan fingerprint density at radius 2 is 2.20 bits per heavy atom. The lowest BCUT2D eigenvalue weighted by Gasteiger charge is -2.35. The van der Waals surface area contributed by atoms with Gasteiger partial charge < -0.3 is 22.1 Å². The van der Waals surface area contributed by atoms with E-state index in [1.807, 2.05) is 18.2 Å². The first kappa shape index (κ1) is 14.7. The third-order valence-electron chi connectivity index (χ3n) is 3.91. The Morgan fingerprint density at radius 1 is 1.40 bits per heavy atom. The summed E-state index contributed by atoms with van der Waals surface area (Å²) in [5.41, 5.74) is 19.7. The van der Waals surface area contributed by atoms with Gasteiger partial charge in [0.1, 0.15) is 0 Å². The number of amides is 1. The highest BCUT2D eigenvalue weighted by Gasteiger charge is 2.21. The fourth-order valence-corrected chi connectivity index (χ4v) is 2.93. The number of carbonyl (C=O) groups excluding carboxylic acids is 1. The van der Waals surface area contributed by atoms with Gasteiger partial charge in [0.2, 0.25) is 5.91 Å². The van der Waals surface area contributed by atoms with Crippen molar-refractivity contribution in [2.45, 2.75) is 25.7 Å². The zero-order chi connectivity index (χ0) is 14.5. The number of benzene rings is 1. The van der Waals surface area contributed by atoms with Gasteiger partial charge in [-0.3, -0.25) is 4.79 Å². The molecule has 1 amide bonds. The Bertz CT molecular complexity index is 473. The zero-order valence-corrected chi connectivity index (χ0v) is 11.8. The smallest absolute Gasteiger partial charge is 0.221 e. The molecule has 0 bridgehead atoms. The standard InChI is InChI=1S/C15H24N4O/c16-6-5-11-2-1-7-19(10-11)14-8-12(9-15(18)20)3-4-13(14)17/h3-4,8,11H,1-2,5-7,9-10,16-17H2,(H2,18,20). The van der Waals surface area contributed by atoms with E-state index < -0.39 is 0 Å². The minimum absolute atomic E-state index is 0.257. The maximum Gasteiger partial charge on any atom is 0.221 e. The molecule has 1 aliphatic heterocycles. The summed E-state index contributed by atoms with van der Waals surface area (Å²) in [6.07, 6.45) is 3.70. The quantitative estimate of drug-likeness (QED) is 0.695. The SMILES string of the molecule is NCCC1CCCN(c2cc(CC(N)=O)ccc2N)C1. The van der Waals surface area contributed by atoms with Crippen LogP contribution in [0, 0.1) is 5.92 Å². The van der Waals surface area contributed by atoms with Crippen molar-refractivity contribution in [2.24, 2.45) is 17.4 Å². The van der Waals surface area contributed by atoms with Gasteiger partial charge in [0.25, 0.3) is 0 Å². The van der Waals surface area contributed by atoms with E-state index in [0.29, 0.717) is 5.92 Å². The van der Waals surface area contributed by atoms with Crippen LogP contribution in [0.4, 0.5) is 11.4 Å². The second kappa shape index (κ2) is 6.61. The number of nitrogens with two attached hydrogens (primary N) is 3. The van der Waals surface area contributed by atoms with Crippen molar-refractivity contribution in [1.29, 1.82) is 0 Å². The van der Waals surface area contributed by atoms with E-state index >= 15 is 0 Å². The molecule has 1 atom stereocenters. The highest BCUT2D eigenvalue weighted by atomic mass is 16.1. The fourth-order valence-electron chi connectivity index (χ4n) is 2.93. The lowest BCUT2D eigenvalue weighted by molar-refractivity contribution is -0.117. The molecule has 1 unspecified atom stereocenters. The number of piperidine rings is 1. The maximum atomic E-state index is 11.0. The number of hydrogen-bond donors (Lipinski definition) is 3. The Morgan fingerprint density at radius 3 is 2.90 bits per heavy atom. The Kier molecular flexibility index (Phi) is 4.84. The van der Waals surface area contributed by atoms with Crippen molar-refractivity contribution in [1.82, 2.24) is 0 Å². The molecule has 0 aliphatic carbocycles. The van der Waals surface area contributed by atoms with Gasteiger partial charge in [-0.15, -0.1) is 0 Å². The topological polar surface area (TPSA) is 98.4 Å². The van der Waals surface area contributed by atoms with Crippen molar-refractivity contribution in [3.8, 4) is 0 Å². The molecule has 110 valence electrons. The molecule has 1 fully saturated rings. The van der Waals surface area contributed by atoms with Crippen LogP contribution in [-0.4, -0.2) is 25.5 Å². The molecule has 1 heterocycles. The molecule has 6 N–H and O–H groups in total. The predicted octanol–water partition coefficient (Wildman–Crippen LogP) is 0.862. The number of primary amides is 1. The van der Waals surface area contributed by atoms with Gasteiger partial charge in [-0.05, 0) is 49.4 Å². The van der Waals surface area contributed by atoms with Crippen molar-refractivity contribution in [3.05, 3.63) is 23.8 Å². The van der Waals surface area contributed by atoms with Crippen LogP contribution in [0.3, 0.4) is 0 Å². The number of rotatable bonds is 5. The van der Waals surface area contributed by atoms with Gasteiger partial charge in [-0.2, -0.15) is 0 Å². The van der Waals surface area contributed by atoms with Crippen LogP contribution in [0.1, 0.15) is 24.8 Å². The highest BCUT2D eigenvalue weighted by molar-refractivity contribution is 5.78. The molecule has 1 saturated heterocycles. The first-order valence-electron chi connectivity index (χ1n) is 7.22. The van der Waals surface area contributed by atoms with E-state index in [0.717, 1.165) is 49.4 Å². The number of hydrogen-bond acceptors (Lipinski definition) is 4. The van der Waals surface area contributed by atoms with E-state index in [2.05, 4.69) is 4.90 Å². The van der Waals surface area contributed by atoms with Gasteiger partial charge in [0.05, 0.1) is 17.8 Å². The summed E-state index contributed by atoms with van der Waals surface area (Å²) in [4.78, 5) is 13.4. The van der Waals surface area contributed by atoms with Crippen molar-refractivity contribution in [3.63, 3.8) is 0 Å². The summed E-state index contributed by atoms with van der Waals surface area (Å²) in [5, 5.41) is 0. The summed E-state index contributed by atoms with van der Waals surface area (Å²) < 4.78 is 0. The van der Waals surface area contributed by atoms with E-state index in [9.17, 15) is 4.79 Å². The molecule has 1 aromatic rings. The van der Waals surface area contributed by atoms with Gasteiger partial charge in [-0.25, -0.2) is 0 Å². The lowest BCUT2D eigenvalue weighted by atomic mass is 9.94. The number of carbonyl (C=O) groups is 1. The van der Waals surface area contributed by atoms with Crippen LogP contribution in [-0.2, 0) is 11.2 Å². The van der Waals surface area contributed by atoms with Gasteiger partial charge in [0.15, 0.2) is 0 Å². The van der Waals surface area contributed by atoms with Crippen LogP contribution >= 0.6 is 0 Å². The summed E-state index contributed by atoms with van der Waals surface area (Å²) in [6.45, 7) is 2.72. The van der Waals surface area contributed by atoms with Gasteiger partial charge >= 0.3 is 0 Å². The molecular formula is C15H24N4O. The third-order valence-corrected chi connectivity index (χ3v) is 3.91. The first-order chi connectivity index (χ1) is 9.60. The average Bonchev–Trinajstić information content (AvgIpc) is 2.41. The Labute approximate surface area is 120 Å². The minimum atomic E-state index is -0.319. The molecule has 5 nitrogen and oxygen atoms in total. The zero-order valence-electron chi connectivity index (χ0n) is 11.8. The van der Waals surface area contributed by atoms with E-state index in [4.69, 9.17) is 17.2 Å². The third kappa shape index (κ3) is 3.63. The summed E-state index contributed by atoms with van der Waals surface area (Å²) in [5.74, 6) is 0.313. The van der Waals surface area contributed by atoms with Crippen LogP contribution in [0.25, 0.3) is 0 Å². The number of anilines is 2. The van der Waals surface area contributed by atoms with Gasteiger partial charge in [0, 0.05) is 13.1 Å². The van der Waals surface area contributed by atoms with Crippen LogP contribution in [0.15, 0.2) is 18.2 Å². The molecule has 0 saturated carbocycles. The second-order valence-corrected chi connectivity index (χ2v) is 5.57. The normalized spacial score (nSPS) is 19.1. The number of nitrogen functional groups attached to an aromatic ring is 1. The van der Waals surface area contributed by atoms with E-state index in [1.165, 1.54) is 6.42 Å². The van der Waals surface area contributed by atoms with Crippen LogP contribution in [0.5, 0.6) is 0 Å². The molecule has 1 aliphatic rings. The van der Waals surface area contributed by atoms with Crippen LogP contribution < -0.4 is 22.1 Å². The van der Waals surface area contributed by atoms with E-state index in [-0.39, 0.29) is 12.3 Å². The van der Waals surface area contributed by atoms with Gasteiger partial charge in [-0.1, -0.05) is 6.07 Å². The molecular weight excluding hydrogens is 252 g/mol. The monoisotopic (exact) mass is 276 g/mol. The largest absolute Gasteiger partial charge is 0.397 e. The molecule has 1 aromatic carbocycles. The Hall–Kier alpha value is -1.75.